The maximum atomic E-state index is 11.9. The molecule has 120 valence electrons. The lowest BCUT2D eigenvalue weighted by Crippen LogP contribution is -2.20. The lowest BCUT2D eigenvalue weighted by molar-refractivity contribution is -0.105. The van der Waals surface area contributed by atoms with Gasteiger partial charge in [0, 0.05) is 11.4 Å². The van der Waals surface area contributed by atoms with Crippen LogP contribution in [0.25, 0.3) is 0 Å². The number of sulfone groups is 1. The molecule has 2 rings (SSSR count). The number of rotatable bonds is 5. The molecule has 6 nitrogen and oxygen atoms in total. The predicted octanol–water partition coefficient (Wildman–Crippen LogP) is 2.61. The Balaban J connectivity index is 2.05. The summed E-state index contributed by atoms with van der Waals surface area (Å²) in [6.07, 6.45) is 0.344. The number of aldehydes is 1. The minimum absolute atomic E-state index is 0.0365. The van der Waals surface area contributed by atoms with Gasteiger partial charge < -0.3 is 15.4 Å². The fourth-order valence-electron chi connectivity index (χ4n) is 1.93. The van der Waals surface area contributed by atoms with Gasteiger partial charge in [-0.2, -0.15) is 0 Å². The molecule has 0 radical (unpaired) electrons. The van der Waals surface area contributed by atoms with Crippen molar-refractivity contribution >= 4 is 33.5 Å². The fraction of sp³-hybridized carbons (Fsp3) is 0.125. The molecule has 2 aromatic carbocycles. The number of urea groups is 1. The van der Waals surface area contributed by atoms with E-state index in [1.165, 1.54) is 24.3 Å². The Morgan fingerprint density at radius 3 is 2.30 bits per heavy atom. The molecular formula is C16H16N2O4S. The number of nitrogens with one attached hydrogen (secondary N) is 2. The van der Waals surface area contributed by atoms with Crippen molar-refractivity contribution in [3.05, 3.63) is 54.1 Å². The summed E-state index contributed by atoms with van der Waals surface area (Å²) in [6.45, 7) is 1.88. The van der Waals surface area contributed by atoms with Crippen LogP contribution in [-0.4, -0.2) is 26.5 Å². The SMILES string of the molecule is Cc1ccccc1NC(=O)Nc1ccc(S(=O)(=O)CC=O)cc1. The van der Waals surface area contributed by atoms with Gasteiger partial charge in [0.15, 0.2) is 9.84 Å². The van der Waals surface area contributed by atoms with Crippen molar-refractivity contribution in [3.8, 4) is 0 Å². The van der Waals surface area contributed by atoms with Gasteiger partial charge in [-0.05, 0) is 42.8 Å². The summed E-state index contributed by atoms with van der Waals surface area (Å²) in [4.78, 5) is 22.3. The Morgan fingerprint density at radius 1 is 1.04 bits per heavy atom. The zero-order valence-corrected chi connectivity index (χ0v) is 13.3. The molecule has 2 N–H and O–H groups in total. The summed E-state index contributed by atoms with van der Waals surface area (Å²) in [7, 11) is -3.61. The van der Waals surface area contributed by atoms with Crippen molar-refractivity contribution in [1.29, 1.82) is 0 Å². The highest BCUT2D eigenvalue weighted by Gasteiger charge is 2.13. The van der Waals surface area contributed by atoms with Crippen molar-refractivity contribution < 1.29 is 18.0 Å². The van der Waals surface area contributed by atoms with Crippen LogP contribution in [0, 0.1) is 6.92 Å². The molecule has 0 aliphatic heterocycles. The second-order valence-electron chi connectivity index (χ2n) is 4.87. The maximum Gasteiger partial charge on any atom is 0.323 e. The van der Waals surface area contributed by atoms with Gasteiger partial charge in [0.1, 0.15) is 12.0 Å². The largest absolute Gasteiger partial charge is 0.323 e. The van der Waals surface area contributed by atoms with Crippen molar-refractivity contribution in [2.75, 3.05) is 16.4 Å². The molecule has 0 fully saturated rings. The maximum absolute atomic E-state index is 11.9. The van der Waals surface area contributed by atoms with E-state index in [9.17, 15) is 18.0 Å². The molecule has 0 bridgehead atoms. The summed E-state index contributed by atoms with van der Waals surface area (Å²) in [5, 5.41) is 5.32. The van der Waals surface area contributed by atoms with Crippen LogP contribution in [0.2, 0.25) is 0 Å². The molecule has 0 unspecified atom stereocenters. The smallest absolute Gasteiger partial charge is 0.308 e. The highest BCUT2D eigenvalue weighted by atomic mass is 32.2. The van der Waals surface area contributed by atoms with Crippen LogP contribution >= 0.6 is 0 Å². The third kappa shape index (κ3) is 4.40. The van der Waals surface area contributed by atoms with Crippen LogP contribution in [-0.2, 0) is 14.6 Å². The van der Waals surface area contributed by atoms with Crippen molar-refractivity contribution in [3.63, 3.8) is 0 Å². The van der Waals surface area contributed by atoms with Gasteiger partial charge in [0.05, 0.1) is 4.90 Å². The fourth-order valence-corrected chi connectivity index (χ4v) is 2.85. The quantitative estimate of drug-likeness (QED) is 0.823. The Morgan fingerprint density at radius 2 is 1.70 bits per heavy atom. The molecule has 0 aliphatic carbocycles. The van der Waals surface area contributed by atoms with Crippen LogP contribution in [0.4, 0.5) is 16.2 Å². The second-order valence-corrected chi connectivity index (χ2v) is 6.90. The Labute approximate surface area is 134 Å². The summed E-state index contributed by atoms with van der Waals surface area (Å²) in [6, 6.07) is 12.6. The van der Waals surface area contributed by atoms with E-state index in [1.807, 2.05) is 25.1 Å². The van der Waals surface area contributed by atoms with E-state index in [4.69, 9.17) is 0 Å². The van der Waals surface area contributed by atoms with Gasteiger partial charge in [-0.1, -0.05) is 18.2 Å². The number of hydrogen-bond acceptors (Lipinski definition) is 4. The lowest BCUT2D eigenvalue weighted by Gasteiger charge is -2.10. The van der Waals surface area contributed by atoms with Gasteiger partial charge >= 0.3 is 6.03 Å². The van der Waals surface area contributed by atoms with Gasteiger partial charge in [0.25, 0.3) is 0 Å². The zero-order chi connectivity index (χ0) is 16.9. The first-order chi connectivity index (χ1) is 10.9. The van der Waals surface area contributed by atoms with Gasteiger partial charge in [0.2, 0.25) is 0 Å². The van der Waals surface area contributed by atoms with E-state index in [0.717, 1.165) is 5.56 Å². The standard InChI is InChI=1S/C16H16N2O4S/c1-12-4-2-3-5-15(12)18-16(20)17-13-6-8-14(9-7-13)23(21,22)11-10-19/h2-10H,11H2,1H3,(H2,17,18,20). The van der Waals surface area contributed by atoms with Crippen molar-refractivity contribution in [2.24, 2.45) is 0 Å². The lowest BCUT2D eigenvalue weighted by atomic mass is 10.2. The van der Waals surface area contributed by atoms with Crippen LogP contribution in [0.15, 0.2) is 53.4 Å². The topological polar surface area (TPSA) is 92.3 Å². The van der Waals surface area contributed by atoms with Gasteiger partial charge in [-0.15, -0.1) is 0 Å². The van der Waals surface area contributed by atoms with Gasteiger partial charge in [-0.3, -0.25) is 0 Å². The molecule has 0 spiro atoms. The molecule has 23 heavy (non-hydrogen) atoms. The number of benzene rings is 2. The Kier molecular flexibility index (Phi) is 5.13. The number of hydrogen-bond donors (Lipinski definition) is 2. The van der Waals surface area contributed by atoms with E-state index < -0.39 is 21.6 Å². The summed E-state index contributed by atoms with van der Waals surface area (Å²) in [5.74, 6) is -0.562. The van der Waals surface area contributed by atoms with E-state index in [-0.39, 0.29) is 4.90 Å². The van der Waals surface area contributed by atoms with Crippen LogP contribution in [0.3, 0.4) is 0 Å². The molecule has 0 aromatic heterocycles. The second kappa shape index (κ2) is 7.06. The summed E-state index contributed by atoms with van der Waals surface area (Å²) < 4.78 is 23.4. The average Bonchev–Trinajstić information content (AvgIpc) is 2.50. The Hall–Kier alpha value is -2.67. The van der Waals surface area contributed by atoms with Crippen LogP contribution in [0.5, 0.6) is 0 Å². The van der Waals surface area contributed by atoms with E-state index in [1.54, 1.807) is 6.07 Å². The molecule has 2 amide bonds. The van der Waals surface area contributed by atoms with Crippen LogP contribution in [0.1, 0.15) is 5.56 Å². The summed E-state index contributed by atoms with van der Waals surface area (Å²) in [5.41, 5.74) is 2.06. The molecule has 7 heteroatoms. The first-order valence-electron chi connectivity index (χ1n) is 6.82. The first-order valence-corrected chi connectivity index (χ1v) is 8.48. The highest BCUT2D eigenvalue weighted by molar-refractivity contribution is 7.92. The molecule has 0 saturated heterocycles. The number of anilines is 2. The average molecular weight is 332 g/mol. The summed E-state index contributed by atoms with van der Waals surface area (Å²) >= 11 is 0. The first kappa shape index (κ1) is 16.7. The minimum atomic E-state index is -3.61. The normalized spacial score (nSPS) is 10.8. The van der Waals surface area contributed by atoms with E-state index >= 15 is 0 Å². The Bertz CT molecular complexity index is 814. The van der Waals surface area contributed by atoms with E-state index in [0.29, 0.717) is 17.7 Å². The van der Waals surface area contributed by atoms with Crippen molar-refractivity contribution in [1.82, 2.24) is 0 Å². The molecule has 0 aliphatic rings. The van der Waals surface area contributed by atoms with Gasteiger partial charge in [-0.25, -0.2) is 13.2 Å². The van der Waals surface area contributed by atoms with E-state index in [2.05, 4.69) is 10.6 Å². The number of para-hydroxylation sites is 1. The number of carbonyl (C=O) groups excluding carboxylic acids is 2. The number of aryl methyl sites for hydroxylation is 1. The highest BCUT2D eigenvalue weighted by Crippen LogP contribution is 2.17. The molecule has 0 saturated carbocycles. The monoisotopic (exact) mass is 332 g/mol. The molecule has 2 aromatic rings. The molecular weight excluding hydrogens is 316 g/mol. The molecule has 0 atom stereocenters. The minimum Gasteiger partial charge on any atom is -0.308 e. The third-order valence-corrected chi connectivity index (χ3v) is 4.72. The van der Waals surface area contributed by atoms with Crippen molar-refractivity contribution in [2.45, 2.75) is 11.8 Å². The number of amides is 2. The number of carbonyl (C=O) groups is 2. The third-order valence-electron chi connectivity index (χ3n) is 3.15. The molecule has 0 heterocycles. The predicted molar refractivity (Wildman–Crippen MR) is 88.4 cm³/mol. The zero-order valence-electron chi connectivity index (χ0n) is 12.4. The van der Waals surface area contributed by atoms with Crippen LogP contribution < -0.4 is 10.6 Å².